The number of aromatic nitrogens is 2. The van der Waals surface area contributed by atoms with E-state index in [-0.39, 0.29) is 18.4 Å². The fourth-order valence-corrected chi connectivity index (χ4v) is 2.75. The molecule has 0 saturated carbocycles. The Balaban J connectivity index is 1.83. The first-order chi connectivity index (χ1) is 12.9. The second kappa shape index (κ2) is 9.87. The Morgan fingerprint density at radius 3 is 2.63 bits per heavy atom. The highest BCUT2D eigenvalue weighted by molar-refractivity contribution is 5.86. The van der Waals surface area contributed by atoms with Gasteiger partial charge in [-0.25, -0.2) is 0 Å². The zero-order valence-corrected chi connectivity index (χ0v) is 16.6. The van der Waals surface area contributed by atoms with Crippen molar-refractivity contribution in [3.63, 3.8) is 0 Å². The SMILES string of the molecule is CCN(C)Cc1cccc(CNC(=O)CN(C)C(=O)C(C)n2cccn2)c1. The molecule has 0 aliphatic carbocycles. The van der Waals surface area contributed by atoms with Crippen molar-refractivity contribution in [1.29, 1.82) is 0 Å². The second-order valence-electron chi connectivity index (χ2n) is 6.78. The predicted octanol–water partition coefficient (Wildman–Crippen LogP) is 1.67. The molecule has 7 heteroatoms. The van der Waals surface area contributed by atoms with Crippen LogP contribution in [0.4, 0.5) is 0 Å². The lowest BCUT2D eigenvalue weighted by Crippen LogP contribution is -2.40. The lowest BCUT2D eigenvalue weighted by atomic mass is 10.1. The smallest absolute Gasteiger partial charge is 0.247 e. The average Bonchev–Trinajstić information content (AvgIpc) is 3.20. The Morgan fingerprint density at radius 2 is 1.96 bits per heavy atom. The first-order valence-corrected chi connectivity index (χ1v) is 9.17. The van der Waals surface area contributed by atoms with E-state index in [0.717, 1.165) is 18.7 Å². The van der Waals surface area contributed by atoms with Crippen molar-refractivity contribution in [3.05, 3.63) is 53.9 Å². The molecule has 1 N–H and O–H groups in total. The third-order valence-electron chi connectivity index (χ3n) is 4.51. The summed E-state index contributed by atoms with van der Waals surface area (Å²) in [5.74, 6) is -0.340. The number of carbonyl (C=O) groups excluding carboxylic acids is 2. The maximum atomic E-state index is 12.4. The summed E-state index contributed by atoms with van der Waals surface area (Å²) in [6, 6.07) is 9.50. The number of rotatable bonds is 9. The fourth-order valence-electron chi connectivity index (χ4n) is 2.75. The van der Waals surface area contributed by atoms with Crippen LogP contribution in [-0.2, 0) is 22.7 Å². The molecule has 1 unspecified atom stereocenters. The normalized spacial score (nSPS) is 12.0. The molecule has 0 radical (unpaired) electrons. The summed E-state index contributed by atoms with van der Waals surface area (Å²) in [6.45, 7) is 6.21. The number of amides is 2. The van der Waals surface area contributed by atoms with E-state index < -0.39 is 6.04 Å². The Kier molecular flexibility index (Phi) is 7.55. The van der Waals surface area contributed by atoms with Gasteiger partial charge in [-0.05, 0) is 37.7 Å². The van der Waals surface area contributed by atoms with Gasteiger partial charge in [0.05, 0.1) is 6.54 Å². The Bertz CT molecular complexity index is 745. The first kappa shape index (κ1) is 20.6. The number of hydrogen-bond donors (Lipinski definition) is 1. The van der Waals surface area contributed by atoms with Crippen LogP contribution in [0, 0.1) is 0 Å². The standard InChI is InChI=1S/C20H29N5O2/c1-5-23(3)14-18-9-6-8-17(12-18)13-21-19(26)15-24(4)20(27)16(2)25-11-7-10-22-25/h6-12,16H,5,13-15H2,1-4H3,(H,21,26). The van der Waals surface area contributed by atoms with E-state index in [1.165, 1.54) is 10.5 Å². The van der Waals surface area contributed by atoms with Gasteiger partial charge in [-0.15, -0.1) is 0 Å². The summed E-state index contributed by atoms with van der Waals surface area (Å²) in [5, 5.41) is 6.96. The van der Waals surface area contributed by atoms with Gasteiger partial charge >= 0.3 is 0 Å². The van der Waals surface area contributed by atoms with Crippen LogP contribution in [0.15, 0.2) is 42.7 Å². The number of benzene rings is 1. The van der Waals surface area contributed by atoms with E-state index in [2.05, 4.69) is 41.4 Å². The Morgan fingerprint density at radius 1 is 1.22 bits per heavy atom. The number of hydrogen-bond acceptors (Lipinski definition) is 4. The molecule has 0 fully saturated rings. The van der Waals surface area contributed by atoms with Crippen LogP contribution in [0.3, 0.4) is 0 Å². The highest BCUT2D eigenvalue weighted by Crippen LogP contribution is 2.09. The molecule has 2 rings (SSSR count). The van der Waals surface area contributed by atoms with E-state index in [4.69, 9.17) is 0 Å². The lowest BCUT2D eigenvalue weighted by molar-refractivity contribution is -0.137. The fraction of sp³-hybridized carbons (Fsp3) is 0.450. The Labute approximate surface area is 161 Å². The number of likely N-dealkylation sites (N-methyl/N-ethyl adjacent to an activating group) is 1. The molecular formula is C20H29N5O2. The summed E-state index contributed by atoms with van der Waals surface area (Å²) >= 11 is 0. The summed E-state index contributed by atoms with van der Waals surface area (Å²) in [5.41, 5.74) is 2.26. The van der Waals surface area contributed by atoms with Crippen molar-refractivity contribution in [2.75, 3.05) is 27.2 Å². The summed E-state index contributed by atoms with van der Waals surface area (Å²) in [7, 11) is 3.70. The van der Waals surface area contributed by atoms with Crippen LogP contribution in [0.1, 0.15) is 31.0 Å². The number of nitrogens with zero attached hydrogens (tertiary/aromatic N) is 4. The minimum absolute atomic E-state index is 0.0166. The number of carbonyl (C=O) groups is 2. The molecule has 146 valence electrons. The van der Waals surface area contributed by atoms with Crippen molar-refractivity contribution in [1.82, 2.24) is 24.9 Å². The topological polar surface area (TPSA) is 70.5 Å². The third kappa shape index (κ3) is 6.21. The predicted molar refractivity (Wildman–Crippen MR) is 105 cm³/mol. The van der Waals surface area contributed by atoms with Crippen molar-refractivity contribution in [2.45, 2.75) is 33.0 Å². The first-order valence-electron chi connectivity index (χ1n) is 9.17. The van der Waals surface area contributed by atoms with Crippen LogP contribution in [0.5, 0.6) is 0 Å². The maximum Gasteiger partial charge on any atom is 0.247 e. The van der Waals surface area contributed by atoms with Crippen molar-refractivity contribution >= 4 is 11.8 Å². The summed E-state index contributed by atoms with van der Waals surface area (Å²) in [6.07, 6.45) is 3.36. The minimum Gasteiger partial charge on any atom is -0.350 e. The van der Waals surface area contributed by atoms with Crippen molar-refractivity contribution in [3.8, 4) is 0 Å². The molecule has 0 aliphatic rings. The van der Waals surface area contributed by atoms with E-state index >= 15 is 0 Å². The molecule has 2 amide bonds. The molecule has 2 aromatic rings. The largest absolute Gasteiger partial charge is 0.350 e. The van der Waals surface area contributed by atoms with Gasteiger partial charge < -0.3 is 15.1 Å². The molecule has 1 aromatic carbocycles. The Hall–Kier alpha value is -2.67. The van der Waals surface area contributed by atoms with E-state index in [1.54, 1.807) is 37.1 Å². The molecule has 0 aliphatic heterocycles. The second-order valence-corrected chi connectivity index (χ2v) is 6.78. The zero-order chi connectivity index (χ0) is 19.8. The van der Waals surface area contributed by atoms with Gasteiger partial charge in [0, 0.05) is 32.5 Å². The minimum atomic E-state index is -0.440. The highest BCUT2D eigenvalue weighted by Gasteiger charge is 2.21. The molecular weight excluding hydrogens is 342 g/mol. The van der Waals surface area contributed by atoms with Gasteiger partial charge in [-0.1, -0.05) is 31.2 Å². The lowest BCUT2D eigenvalue weighted by Gasteiger charge is -2.21. The van der Waals surface area contributed by atoms with Gasteiger partial charge in [0.15, 0.2) is 0 Å². The quantitative estimate of drug-likeness (QED) is 0.728. The molecule has 27 heavy (non-hydrogen) atoms. The van der Waals surface area contributed by atoms with Crippen LogP contribution in [0.2, 0.25) is 0 Å². The van der Waals surface area contributed by atoms with Crippen LogP contribution in [0.25, 0.3) is 0 Å². The van der Waals surface area contributed by atoms with Gasteiger partial charge in [-0.2, -0.15) is 5.10 Å². The van der Waals surface area contributed by atoms with Gasteiger partial charge in [0.25, 0.3) is 0 Å². The summed E-state index contributed by atoms with van der Waals surface area (Å²) < 4.78 is 1.58. The van der Waals surface area contributed by atoms with E-state index in [0.29, 0.717) is 6.54 Å². The summed E-state index contributed by atoms with van der Waals surface area (Å²) in [4.78, 5) is 28.3. The molecule has 7 nitrogen and oxygen atoms in total. The number of nitrogens with one attached hydrogen (secondary N) is 1. The van der Waals surface area contributed by atoms with Gasteiger partial charge in [0.1, 0.15) is 6.04 Å². The maximum absolute atomic E-state index is 12.4. The zero-order valence-electron chi connectivity index (χ0n) is 16.6. The molecule has 1 aromatic heterocycles. The molecule has 0 saturated heterocycles. The average molecular weight is 371 g/mol. The monoisotopic (exact) mass is 371 g/mol. The van der Waals surface area contributed by atoms with E-state index in [9.17, 15) is 9.59 Å². The van der Waals surface area contributed by atoms with Crippen LogP contribution in [-0.4, -0.2) is 58.6 Å². The molecule has 1 atom stereocenters. The highest BCUT2D eigenvalue weighted by atomic mass is 16.2. The van der Waals surface area contributed by atoms with E-state index in [1.807, 2.05) is 12.1 Å². The van der Waals surface area contributed by atoms with Gasteiger partial charge in [-0.3, -0.25) is 14.3 Å². The van der Waals surface area contributed by atoms with Crippen molar-refractivity contribution < 1.29 is 9.59 Å². The molecule has 0 bridgehead atoms. The molecule has 1 heterocycles. The van der Waals surface area contributed by atoms with Gasteiger partial charge in [0.2, 0.25) is 11.8 Å². The van der Waals surface area contributed by atoms with Crippen LogP contribution < -0.4 is 5.32 Å². The van der Waals surface area contributed by atoms with Crippen LogP contribution >= 0.6 is 0 Å². The molecule has 0 spiro atoms. The van der Waals surface area contributed by atoms with Crippen molar-refractivity contribution in [2.24, 2.45) is 0 Å². The third-order valence-corrected chi connectivity index (χ3v) is 4.51.